The number of aryl methyl sites for hydroxylation is 1. The molecule has 0 aromatic heterocycles. The molecule has 0 saturated carbocycles. The Morgan fingerprint density at radius 3 is 2.17 bits per heavy atom. The van der Waals surface area contributed by atoms with E-state index in [0.717, 1.165) is 27.8 Å². The maximum Gasteiger partial charge on any atom is 0.251 e. The number of hydrogen-bond acceptors (Lipinski definition) is 3. The summed E-state index contributed by atoms with van der Waals surface area (Å²) >= 11 is 0. The van der Waals surface area contributed by atoms with E-state index in [4.69, 9.17) is 5.73 Å². The van der Waals surface area contributed by atoms with Crippen LogP contribution in [0.1, 0.15) is 32.6 Å². The molecule has 4 aromatic rings. The fourth-order valence-electron chi connectivity index (χ4n) is 4.62. The van der Waals surface area contributed by atoms with Gasteiger partial charge in [0, 0.05) is 30.7 Å². The quantitative estimate of drug-likeness (QED) is 0.289. The zero-order valence-electron chi connectivity index (χ0n) is 20.7. The van der Waals surface area contributed by atoms with Crippen molar-refractivity contribution in [3.63, 3.8) is 0 Å². The largest absolute Gasteiger partial charge is 0.396 e. The molecule has 184 valence electrons. The summed E-state index contributed by atoms with van der Waals surface area (Å²) in [5.41, 5.74) is 13.0. The summed E-state index contributed by atoms with van der Waals surface area (Å²) in [7, 11) is 0. The van der Waals surface area contributed by atoms with Crippen LogP contribution in [0.4, 0.5) is 0 Å². The van der Waals surface area contributed by atoms with Gasteiger partial charge >= 0.3 is 0 Å². The Kier molecular flexibility index (Phi) is 8.66. The van der Waals surface area contributed by atoms with Crippen LogP contribution in [0.5, 0.6) is 0 Å². The first-order chi connectivity index (χ1) is 17.6. The van der Waals surface area contributed by atoms with Gasteiger partial charge in [-0.1, -0.05) is 90.5 Å². The van der Waals surface area contributed by atoms with Gasteiger partial charge < -0.3 is 16.2 Å². The Morgan fingerprint density at radius 2 is 1.47 bits per heavy atom. The van der Waals surface area contributed by atoms with Crippen molar-refractivity contribution in [1.29, 1.82) is 0 Å². The summed E-state index contributed by atoms with van der Waals surface area (Å²) in [6, 6.07) is 34.0. The van der Waals surface area contributed by atoms with Crippen LogP contribution in [0, 0.1) is 12.8 Å². The van der Waals surface area contributed by atoms with Crippen molar-refractivity contribution in [3.8, 4) is 11.1 Å². The number of hydrogen-bond donors (Lipinski definition) is 3. The molecule has 4 N–H and O–H groups in total. The predicted molar refractivity (Wildman–Crippen MR) is 147 cm³/mol. The lowest BCUT2D eigenvalue weighted by Gasteiger charge is -2.27. The van der Waals surface area contributed by atoms with Crippen molar-refractivity contribution < 1.29 is 9.90 Å². The lowest BCUT2D eigenvalue weighted by Crippen LogP contribution is -2.44. The maximum absolute atomic E-state index is 13.3. The van der Waals surface area contributed by atoms with Crippen LogP contribution in [0.2, 0.25) is 0 Å². The van der Waals surface area contributed by atoms with E-state index in [1.54, 1.807) is 0 Å². The Labute approximate surface area is 213 Å². The molecule has 4 heteroatoms. The fourth-order valence-corrected chi connectivity index (χ4v) is 4.62. The number of nitrogens with two attached hydrogens (primary N) is 1. The minimum atomic E-state index is -0.216. The van der Waals surface area contributed by atoms with Crippen molar-refractivity contribution in [2.75, 3.05) is 6.61 Å². The first-order valence-corrected chi connectivity index (χ1v) is 12.5. The number of nitrogens with one attached hydrogen (secondary N) is 1. The van der Waals surface area contributed by atoms with Gasteiger partial charge in [-0.2, -0.15) is 0 Å². The molecule has 0 aliphatic heterocycles. The normalized spacial score (nSPS) is 12.6. The standard InChI is InChI=1S/C32H34N2O2/c1-23-7-5-10-25(17-23)18-30(22-35)31(20-24-8-3-2-4-9-24)34-32(36)28-15-13-27(14-16-28)29-12-6-11-26(19-29)21-33/h2-17,19,30-31,35H,18,20-22,33H2,1H3,(H,34,36). The molecule has 2 unspecified atom stereocenters. The number of carbonyl (C=O) groups excluding carboxylic acids is 1. The summed E-state index contributed by atoms with van der Waals surface area (Å²) in [5.74, 6) is -0.255. The molecule has 36 heavy (non-hydrogen) atoms. The molecule has 2 atom stereocenters. The molecule has 0 radical (unpaired) electrons. The lowest BCUT2D eigenvalue weighted by atomic mass is 9.88. The number of rotatable bonds is 10. The van der Waals surface area contributed by atoms with Gasteiger partial charge in [0.1, 0.15) is 0 Å². The smallest absolute Gasteiger partial charge is 0.251 e. The Bertz CT molecular complexity index is 1270. The number of amides is 1. The van der Waals surface area contributed by atoms with Crippen molar-refractivity contribution in [3.05, 3.63) is 131 Å². The van der Waals surface area contributed by atoms with Crippen LogP contribution >= 0.6 is 0 Å². The third-order valence-electron chi connectivity index (χ3n) is 6.64. The van der Waals surface area contributed by atoms with Crippen LogP contribution in [0.25, 0.3) is 11.1 Å². The zero-order valence-corrected chi connectivity index (χ0v) is 20.7. The van der Waals surface area contributed by atoms with E-state index in [-0.39, 0.29) is 24.5 Å². The van der Waals surface area contributed by atoms with Crippen molar-refractivity contribution in [2.45, 2.75) is 32.4 Å². The summed E-state index contributed by atoms with van der Waals surface area (Å²) in [6.07, 6.45) is 1.33. The van der Waals surface area contributed by atoms with E-state index in [9.17, 15) is 9.90 Å². The topological polar surface area (TPSA) is 75.3 Å². The molecule has 0 heterocycles. The Hall–Kier alpha value is -3.73. The van der Waals surface area contributed by atoms with E-state index < -0.39 is 0 Å². The van der Waals surface area contributed by atoms with Crippen LogP contribution in [0.15, 0.2) is 103 Å². The molecule has 4 rings (SSSR count). The van der Waals surface area contributed by atoms with Gasteiger partial charge in [-0.05, 0) is 65.8 Å². The molecule has 4 aromatic carbocycles. The number of aliphatic hydroxyl groups excluding tert-OH is 1. The minimum Gasteiger partial charge on any atom is -0.396 e. The molecule has 1 amide bonds. The summed E-state index contributed by atoms with van der Waals surface area (Å²) in [6.45, 7) is 2.55. The first-order valence-electron chi connectivity index (χ1n) is 12.5. The molecule has 0 bridgehead atoms. The minimum absolute atomic E-state index is 0.0118. The van der Waals surface area contributed by atoms with Crippen molar-refractivity contribution in [1.82, 2.24) is 5.32 Å². The van der Waals surface area contributed by atoms with E-state index >= 15 is 0 Å². The Balaban J connectivity index is 1.53. The van der Waals surface area contributed by atoms with Gasteiger partial charge in [-0.25, -0.2) is 0 Å². The van der Waals surface area contributed by atoms with Gasteiger partial charge in [-0.3, -0.25) is 4.79 Å². The molecule has 0 aliphatic carbocycles. The van der Waals surface area contributed by atoms with Crippen molar-refractivity contribution >= 4 is 5.91 Å². The monoisotopic (exact) mass is 478 g/mol. The average Bonchev–Trinajstić information content (AvgIpc) is 2.92. The lowest BCUT2D eigenvalue weighted by molar-refractivity contribution is 0.0903. The summed E-state index contributed by atoms with van der Waals surface area (Å²) < 4.78 is 0. The second-order valence-corrected chi connectivity index (χ2v) is 9.39. The average molecular weight is 479 g/mol. The Morgan fingerprint density at radius 1 is 0.778 bits per heavy atom. The van der Waals surface area contributed by atoms with Crippen molar-refractivity contribution in [2.24, 2.45) is 11.7 Å². The highest BCUT2D eigenvalue weighted by atomic mass is 16.3. The van der Waals surface area contributed by atoms with Gasteiger partial charge in [-0.15, -0.1) is 0 Å². The second kappa shape index (κ2) is 12.3. The maximum atomic E-state index is 13.3. The summed E-state index contributed by atoms with van der Waals surface area (Å²) in [4.78, 5) is 13.3. The highest BCUT2D eigenvalue weighted by Crippen LogP contribution is 2.22. The van der Waals surface area contributed by atoms with Gasteiger partial charge in [0.2, 0.25) is 0 Å². The van der Waals surface area contributed by atoms with E-state index in [0.29, 0.717) is 24.9 Å². The highest BCUT2D eigenvalue weighted by molar-refractivity contribution is 5.95. The first kappa shape index (κ1) is 25.4. The third kappa shape index (κ3) is 6.69. The zero-order chi connectivity index (χ0) is 25.3. The molecule has 4 nitrogen and oxygen atoms in total. The molecule has 0 saturated heterocycles. The molecular formula is C32H34N2O2. The van der Waals surface area contributed by atoms with Gasteiger partial charge in [0.25, 0.3) is 5.91 Å². The van der Waals surface area contributed by atoms with Crippen LogP contribution < -0.4 is 11.1 Å². The molecular weight excluding hydrogens is 444 g/mol. The number of aliphatic hydroxyl groups is 1. The summed E-state index contributed by atoms with van der Waals surface area (Å²) in [5, 5.41) is 13.6. The fraction of sp³-hybridized carbons (Fsp3) is 0.219. The molecule has 0 aliphatic rings. The van der Waals surface area contributed by atoms with Crippen LogP contribution in [-0.2, 0) is 19.4 Å². The molecule has 0 spiro atoms. The SMILES string of the molecule is Cc1cccc(CC(CO)C(Cc2ccccc2)NC(=O)c2ccc(-c3cccc(CN)c3)cc2)c1. The van der Waals surface area contributed by atoms with E-state index in [1.165, 1.54) is 5.56 Å². The number of benzene rings is 4. The third-order valence-corrected chi connectivity index (χ3v) is 6.64. The highest BCUT2D eigenvalue weighted by Gasteiger charge is 2.24. The number of carbonyl (C=O) groups is 1. The van der Waals surface area contributed by atoms with Gasteiger partial charge in [0.15, 0.2) is 0 Å². The van der Waals surface area contributed by atoms with Gasteiger partial charge in [0.05, 0.1) is 0 Å². The predicted octanol–water partition coefficient (Wildman–Crippen LogP) is 5.31. The van der Waals surface area contributed by atoms with Crippen LogP contribution in [0.3, 0.4) is 0 Å². The van der Waals surface area contributed by atoms with Crippen LogP contribution in [-0.4, -0.2) is 23.7 Å². The van der Waals surface area contributed by atoms with E-state index in [2.05, 4.69) is 48.6 Å². The molecule has 0 fully saturated rings. The van der Waals surface area contributed by atoms with E-state index in [1.807, 2.05) is 66.7 Å². The second-order valence-electron chi connectivity index (χ2n) is 9.39.